The van der Waals surface area contributed by atoms with E-state index in [4.69, 9.17) is 28.4 Å². The lowest BCUT2D eigenvalue weighted by atomic mass is 9.86. The molecule has 3 heterocycles. The Kier molecular flexibility index (Phi) is 14.7. The zero-order valence-electron chi connectivity index (χ0n) is 27.5. The second-order valence-electron chi connectivity index (χ2n) is 12.1. The average Bonchev–Trinajstić information content (AvgIpc) is 3.63. The van der Waals surface area contributed by atoms with Crippen LogP contribution < -0.4 is 0 Å². The number of esters is 1. The van der Waals surface area contributed by atoms with Crippen LogP contribution >= 0.6 is 0 Å². The number of carbonyl (C=O) groups is 7. The Morgan fingerprint density at radius 2 is 0.792 bits per heavy atom. The fourth-order valence-electron chi connectivity index (χ4n) is 4.77. The van der Waals surface area contributed by atoms with E-state index in [1.54, 1.807) is 20.8 Å². The zero-order chi connectivity index (χ0) is 35.2. The molecule has 16 heteroatoms. The molecule has 0 saturated carbocycles. The van der Waals surface area contributed by atoms with Crippen LogP contribution in [0.5, 0.6) is 0 Å². The van der Waals surface area contributed by atoms with Gasteiger partial charge in [-0.2, -0.15) is 0 Å². The van der Waals surface area contributed by atoms with Crippen molar-refractivity contribution in [3.05, 3.63) is 36.5 Å². The molecule has 0 atom stereocenters. The van der Waals surface area contributed by atoms with Crippen LogP contribution in [0.15, 0.2) is 36.5 Å². The Hall–Kier alpha value is -4.09. The molecule has 0 unspecified atom stereocenters. The van der Waals surface area contributed by atoms with E-state index < -0.39 is 46.5 Å². The van der Waals surface area contributed by atoms with Crippen molar-refractivity contribution < 1.29 is 62.0 Å². The quantitative estimate of drug-likeness (QED) is 0.0771. The van der Waals surface area contributed by atoms with Gasteiger partial charge in [-0.3, -0.25) is 48.3 Å². The topological polar surface area (TPSA) is 185 Å². The van der Waals surface area contributed by atoms with Crippen molar-refractivity contribution in [2.24, 2.45) is 5.41 Å². The SMILES string of the molecule is CC(C)(C)OC(=O)CCOCCOCCOCCOCCOCC(CN1C(=O)C=CC1=O)(CN1C(=O)C=CC1=O)CN1C(=O)C=CC1=O. The van der Waals surface area contributed by atoms with Gasteiger partial charge in [-0.25, -0.2) is 0 Å². The lowest BCUT2D eigenvalue weighted by Gasteiger charge is -2.40. The molecule has 0 spiro atoms. The molecule has 264 valence electrons. The van der Waals surface area contributed by atoms with Crippen LogP contribution in [-0.2, 0) is 62.0 Å². The van der Waals surface area contributed by atoms with Gasteiger partial charge in [-0.1, -0.05) is 0 Å². The van der Waals surface area contributed by atoms with Gasteiger partial charge in [0.25, 0.3) is 35.4 Å². The highest BCUT2D eigenvalue weighted by molar-refractivity contribution is 6.14. The Bertz CT molecular complexity index is 1140. The molecule has 0 bridgehead atoms. The van der Waals surface area contributed by atoms with Gasteiger partial charge in [-0.15, -0.1) is 0 Å². The van der Waals surface area contributed by atoms with Crippen molar-refractivity contribution in [1.29, 1.82) is 0 Å². The van der Waals surface area contributed by atoms with E-state index in [1.807, 2.05) is 0 Å². The minimum atomic E-state index is -1.40. The highest BCUT2D eigenvalue weighted by atomic mass is 16.6. The predicted octanol–water partition coefficient (Wildman–Crippen LogP) is -0.437. The van der Waals surface area contributed by atoms with E-state index in [9.17, 15) is 33.6 Å². The molecule has 16 nitrogen and oxygen atoms in total. The maximum atomic E-state index is 12.5. The summed E-state index contributed by atoms with van der Waals surface area (Å²) in [4.78, 5) is 89.1. The third-order valence-corrected chi connectivity index (χ3v) is 6.95. The van der Waals surface area contributed by atoms with Crippen LogP contribution in [0.25, 0.3) is 0 Å². The number of rotatable bonds is 23. The normalized spacial score (nSPS) is 16.5. The molecule has 48 heavy (non-hydrogen) atoms. The van der Waals surface area contributed by atoms with Crippen molar-refractivity contribution in [1.82, 2.24) is 14.7 Å². The fraction of sp³-hybridized carbons (Fsp3) is 0.594. The first kappa shape index (κ1) is 38.4. The summed E-state index contributed by atoms with van der Waals surface area (Å²) in [7, 11) is 0. The number of carbonyl (C=O) groups excluding carboxylic acids is 7. The molecule has 3 aliphatic rings. The molecule has 0 radical (unpaired) electrons. The second-order valence-corrected chi connectivity index (χ2v) is 12.1. The minimum absolute atomic E-state index is 0.0409. The molecule has 0 aromatic rings. The Morgan fingerprint density at radius 1 is 0.500 bits per heavy atom. The Labute approximate surface area is 278 Å². The first-order chi connectivity index (χ1) is 22.8. The summed E-state index contributed by atoms with van der Waals surface area (Å²) in [6, 6.07) is 0. The van der Waals surface area contributed by atoms with Gasteiger partial charge in [0.15, 0.2) is 0 Å². The maximum absolute atomic E-state index is 12.5. The summed E-state index contributed by atoms with van der Waals surface area (Å²) in [6.07, 6.45) is 6.69. The summed E-state index contributed by atoms with van der Waals surface area (Å²) < 4.78 is 32.8. The van der Waals surface area contributed by atoms with E-state index >= 15 is 0 Å². The maximum Gasteiger partial charge on any atom is 0.308 e. The van der Waals surface area contributed by atoms with E-state index in [0.717, 1.165) is 51.2 Å². The molecular formula is C32H43N3O13. The van der Waals surface area contributed by atoms with Crippen molar-refractivity contribution >= 4 is 41.4 Å². The highest BCUT2D eigenvalue weighted by Gasteiger charge is 2.45. The molecule has 0 N–H and O–H groups in total. The van der Waals surface area contributed by atoms with Gasteiger partial charge in [0.2, 0.25) is 0 Å². The van der Waals surface area contributed by atoms with E-state index in [0.29, 0.717) is 26.4 Å². The zero-order valence-corrected chi connectivity index (χ0v) is 27.5. The largest absolute Gasteiger partial charge is 0.460 e. The van der Waals surface area contributed by atoms with Crippen molar-refractivity contribution in [2.45, 2.75) is 32.8 Å². The third-order valence-electron chi connectivity index (χ3n) is 6.95. The summed E-state index contributed by atoms with van der Waals surface area (Å²) in [5.41, 5.74) is -1.93. The lowest BCUT2D eigenvalue weighted by molar-refractivity contribution is -0.156. The third kappa shape index (κ3) is 12.5. The van der Waals surface area contributed by atoms with E-state index in [1.165, 1.54) is 0 Å². The summed E-state index contributed by atoms with van der Waals surface area (Å²) in [5.74, 6) is -4.01. The first-order valence-electron chi connectivity index (χ1n) is 15.5. The summed E-state index contributed by atoms with van der Waals surface area (Å²) >= 11 is 0. The number of ether oxygens (including phenoxy) is 6. The number of nitrogens with zero attached hydrogens (tertiary/aromatic N) is 3. The highest BCUT2D eigenvalue weighted by Crippen LogP contribution is 2.28. The van der Waals surface area contributed by atoms with Crippen LogP contribution in [0.3, 0.4) is 0 Å². The Balaban J connectivity index is 1.38. The van der Waals surface area contributed by atoms with Crippen molar-refractivity contribution in [2.75, 3.05) is 85.7 Å². The lowest BCUT2D eigenvalue weighted by Crippen LogP contribution is -2.57. The number of hydrogen-bond acceptors (Lipinski definition) is 13. The van der Waals surface area contributed by atoms with Gasteiger partial charge < -0.3 is 28.4 Å². The number of amides is 6. The summed E-state index contributed by atoms with van der Waals surface area (Å²) in [5, 5.41) is 0. The molecule has 0 aromatic heterocycles. The van der Waals surface area contributed by atoms with Crippen LogP contribution in [0.4, 0.5) is 0 Å². The van der Waals surface area contributed by atoms with Gasteiger partial charge >= 0.3 is 5.97 Å². The van der Waals surface area contributed by atoms with Gasteiger partial charge in [-0.05, 0) is 20.8 Å². The van der Waals surface area contributed by atoms with Crippen LogP contribution in [-0.4, -0.2) is 147 Å². The van der Waals surface area contributed by atoms with E-state index in [-0.39, 0.29) is 71.7 Å². The average molecular weight is 678 g/mol. The molecule has 6 amide bonds. The predicted molar refractivity (Wildman–Crippen MR) is 165 cm³/mol. The molecule has 3 rings (SSSR count). The van der Waals surface area contributed by atoms with Gasteiger partial charge in [0.05, 0.1) is 72.5 Å². The molecule has 0 fully saturated rings. The van der Waals surface area contributed by atoms with Gasteiger partial charge in [0, 0.05) is 61.5 Å². The smallest absolute Gasteiger partial charge is 0.308 e. The second kappa shape index (κ2) is 18.5. The number of hydrogen-bond donors (Lipinski definition) is 0. The summed E-state index contributed by atoms with van der Waals surface area (Å²) in [6.45, 7) is 6.46. The molecular weight excluding hydrogens is 634 g/mol. The first-order valence-corrected chi connectivity index (χ1v) is 15.5. The van der Waals surface area contributed by atoms with Crippen molar-refractivity contribution in [3.63, 3.8) is 0 Å². The molecule has 0 aromatic carbocycles. The monoisotopic (exact) mass is 677 g/mol. The molecule has 0 aliphatic carbocycles. The standard InChI is InChI=1S/C32H43N3O13/c1-31(2,3)48-30(42)10-11-43-12-13-44-14-15-45-16-17-46-18-19-47-23-32(20-33-24(36)4-5-25(33)37,21-34-26(38)6-7-27(34)39)22-35-28(40)8-9-29(35)41/h4-9H,10-23H2,1-3H3. The van der Waals surface area contributed by atoms with E-state index in [2.05, 4.69) is 0 Å². The molecule has 3 aliphatic heterocycles. The fourth-order valence-corrected chi connectivity index (χ4v) is 4.77. The van der Waals surface area contributed by atoms with Crippen LogP contribution in [0, 0.1) is 5.41 Å². The van der Waals surface area contributed by atoms with Crippen LogP contribution in [0.2, 0.25) is 0 Å². The Morgan fingerprint density at radius 3 is 1.10 bits per heavy atom. The minimum Gasteiger partial charge on any atom is -0.460 e. The number of imide groups is 3. The van der Waals surface area contributed by atoms with Gasteiger partial charge in [0.1, 0.15) is 5.60 Å². The molecule has 0 saturated heterocycles. The van der Waals surface area contributed by atoms with Crippen molar-refractivity contribution in [3.8, 4) is 0 Å². The van der Waals surface area contributed by atoms with Crippen LogP contribution in [0.1, 0.15) is 27.2 Å².